The quantitative estimate of drug-likeness (QED) is 0.299. The Balaban J connectivity index is 2.89. The second kappa shape index (κ2) is 3.81. The maximum absolute atomic E-state index is 9.24. The summed E-state index contributed by atoms with van der Waals surface area (Å²) in [6.07, 6.45) is -1.46. The number of nitrogens with one attached hydrogen (secondary N) is 1. The minimum atomic E-state index is -2.57. The first-order chi connectivity index (χ1) is 6.81. The summed E-state index contributed by atoms with van der Waals surface area (Å²) in [5.41, 5.74) is 10.5. The van der Waals surface area contributed by atoms with Crippen molar-refractivity contribution in [3.63, 3.8) is 0 Å². The van der Waals surface area contributed by atoms with Crippen LogP contribution in [0, 0.1) is 0 Å². The van der Waals surface area contributed by atoms with E-state index in [1.54, 1.807) is 0 Å². The topological polar surface area (TPSA) is 163 Å². The van der Waals surface area contributed by atoms with Gasteiger partial charge in [-0.25, -0.2) is 0 Å². The Bertz CT molecular complexity index is 334. The average molecular weight is 216 g/mol. The Morgan fingerprint density at radius 2 is 1.67 bits per heavy atom. The van der Waals surface area contributed by atoms with E-state index in [0.29, 0.717) is 0 Å². The largest absolute Gasteiger partial charge is 0.386 e. The molecule has 1 atom stereocenters. The predicted octanol–water partition coefficient (Wildman–Crippen LogP) is -2.53. The lowest BCUT2D eigenvalue weighted by molar-refractivity contribution is -0.198. The fraction of sp³-hybridized carbons (Fsp3) is 0.500. The van der Waals surface area contributed by atoms with Crippen LogP contribution < -0.4 is 16.8 Å². The number of hydrogen-bond donors (Lipinski definition) is 6. The van der Waals surface area contributed by atoms with Crippen molar-refractivity contribution < 1.29 is 15.3 Å². The van der Waals surface area contributed by atoms with Crippen molar-refractivity contribution in [1.82, 2.24) is 15.0 Å². The molecule has 0 saturated carbocycles. The zero-order valence-electron chi connectivity index (χ0n) is 7.92. The van der Waals surface area contributed by atoms with Gasteiger partial charge in [0.15, 0.2) is 0 Å². The van der Waals surface area contributed by atoms with E-state index >= 15 is 0 Å². The maximum atomic E-state index is 9.24. The minimum Gasteiger partial charge on any atom is -0.386 e. The summed E-state index contributed by atoms with van der Waals surface area (Å²) >= 11 is 0. The standard InChI is InChI=1S/C6H12N6O3/c1-2(13)6(14,15)12-5-10-3(7)9-4(8)11-5/h2,13-15H,1H3,(H5,7,8,9,10,11,12). The molecule has 0 radical (unpaired) electrons. The Hall–Kier alpha value is -1.71. The molecule has 1 aromatic rings. The van der Waals surface area contributed by atoms with E-state index in [4.69, 9.17) is 16.6 Å². The molecule has 8 N–H and O–H groups in total. The van der Waals surface area contributed by atoms with Gasteiger partial charge in [-0.3, -0.25) is 0 Å². The van der Waals surface area contributed by atoms with Crippen LogP contribution in [-0.4, -0.2) is 42.3 Å². The van der Waals surface area contributed by atoms with Crippen LogP contribution in [0.25, 0.3) is 0 Å². The third kappa shape index (κ3) is 2.87. The van der Waals surface area contributed by atoms with Crippen LogP contribution >= 0.6 is 0 Å². The number of nitrogens with zero attached hydrogens (tertiary/aromatic N) is 3. The molecule has 1 aromatic heterocycles. The molecule has 0 saturated heterocycles. The number of hydrogen-bond acceptors (Lipinski definition) is 9. The molecule has 0 spiro atoms. The van der Waals surface area contributed by atoms with E-state index in [9.17, 15) is 10.2 Å². The molecule has 9 heteroatoms. The molecule has 0 aliphatic heterocycles. The van der Waals surface area contributed by atoms with Crippen LogP contribution in [0.3, 0.4) is 0 Å². The molecular formula is C6H12N6O3. The summed E-state index contributed by atoms with van der Waals surface area (Å²) in [7, 11) is 0. The molecular weight excluding hydrogens is 204 g/mol. The van der Waals surface area contributed by atoms with Gasteiger partial charge in [-0.1, -0.05) is 0 Å². The van der Waals surface area contributed by atoms with Gasteiger partial charge in [-0.2, -0.15) is 15.0 Å². The molecule has 0 bridgehead atoms. The van der Waals surface area contributed by atoms with Crippen LogP contribution in [0.2, 0.25) is 0 Å². The summed E-state index contributed by atoms with van der Waals surface area (Å²) in [5, 5.41) is 29.5. The SMILES string of the molecule is CC(O)C(O)(O)Nc1nc(N)nc(N)n1. The fourth-order valence-corrected chi connectivity index (χ4v) is 0.734. The van der Waals surface area contributed by atoms with Gasteiger partial charge in [0.2, 0.25) is 17.8 Å². The third-order valence-corrected chi connectivity index (χ3v) is 1.55. The first kappa shape index (κ1) is 11.4. The summed E-state index contributed by atoms with van der Waals surface area (Å²) in [5.74, 6) is -3.16. The van der Waals surface area contributed by atoms with Crippen molar-refractivity contribution in [3.8, 4) is 0 Å². The molecule has 1 unspecified atom stereocenters. The Labute approximate surface area is 84.8 Å². The van der Waals surface area contributed by atoms with Crippen molar-refractivity contribution in [2.75, 3.05) is 16.8 Å². The smallest absolute Gasteiger partial charge is 0.273 e. The van der Waals surface area contributed by atoms with Crippen molar-refractivity contribution in [3.05, 3.63) is 0 Å². The molecule has 9 nitrogen and oxygen atoms in total. The van der Waals surface area contributed by atoms with Gasteiger partial charge in [0.1, 0.15) is 6.10 Å². The molecule has 0 amide bonds. The number of anilines is 3. The monoisotopic (exact) mass is 216 g/mol. The van der Waals surface area contributed by atoms with Crippen molar-refractivity contribution in [1.29, 1.82) is 0 Å². The molecule has 15 heavy (non-hydrogen) atoms. The zero-order valence-corrected chi connectivity index (χ0v) is 7.92. The molecule has 84 valence electrons. The van der Waals surface area contributed by atoms with Crippen molar-refractivity contribution in [2.24, 2.45) is 0 Å². The highest BCUT2D eigenvalue weighted by Gasteiger charge is 2.30. The van der Waals surface area contributed by atoms with E-state index in [1.807, 2.05) is 5.32 Å². The third-order valence-electron chi connectivity index (χ3n) is 1.55. The maximum Gasteiger partial charge on any atom is 0.273 e. The number of aromatic nitrogens is 3. The van der Waals surface area contributed by atoms with Gasteiger partial charge in [0.25, 0.3) is 5.91 Å². The lowest BCUT2D eigenvalue weighted by atomic mass is 10.3. The lowest BCUT2D eigenvalue weighted by Gasteiger charge is -2.25. The van der Waals surface area contributed by atoms with Gasteiger partial charge in [-0.15, -0.1) is 0 Å². The summed E-state index contributed by atoms with van der Waals surface area (Å²) < 4.78 is 0. The fourth-order valence-electron chi connectivity index (χ4n) is 0.734. The Kier molecular flexibility index (Phi) is 2.88. The minimum absolute atomic E-state index is 0.175. The van der Waals surface area contributed by atoms with Crippen LogP contribution in [0.15, 0.2) is 0 Å². The summed E-state index contributed by atoms with van der Waals surface area (Å²) in [4.78, 5) is 10.5. The van der Waals surface area contributed by atoms with Crippen LogP contribution in [0.1, 0.15) is 6.92 Å². The molecule has 0 aliphatic carbocycles. The molecule has 0 aromatic carbocycles. The van der Waals surface area contributed by atoms with Gasteiger partial charge >= 0.3 is 0 Å². The van der Waals surface area contributed by atoms with Crippen LogP contribution in [0.4, 0.5) is 17.8 Å². The normalized spacial score (nSPS) is 13.6. The van der Waals surface area contributed by atoms with E-state index in [0.717, 1.165) is 0 Å². The number of nitrogen functional groups attached to an aromatic ring is 2. The van der Waals surface area contributed by atoms with Gasteiger partial charge in [0.05, 0.1) is 0 Å². The van der Waals surface area contributed by atoms with Crippen molar-refractivity contribution in [2.45, 2.75) is 18.9 Å². The highest BCUT2D eigenvalue weighted by molar-refractivity contribution is 5.38. The first-order valence-corrected chi connectivity index (χ1v) is 3.99. The summed E-state index contributed by atoms with van der Waals surface area (Å²) in [6, 6.07) is 0. The molecule has 0 fully saturated rings. The van der Waals surface area contributed by atoms with Crippen LogP contribution in [-0.2, 0) is 0 Å². The van der Waals surface area contributed by atoms with Crippen molar-refractivity contribution >= 4 is 17.8 Å². The van der Waals surface area contributed by atoms with E-state index < -0.39 is 12.0 Å². The average Bonchev–Trinajstić information content (AvgIpc) is 1.99. The predicted molar refractivity (Wildman–Crippen MR) is 51.1 cm³/mol. The zero-order chi connectivity index (χ0) is 11.6. The lowest BCUT2D eigenvalue weighted by Crippen LogP contribution is -2.48. The molecule has 1 heterocycles. The van der Waals surface area contributed by atoms with E-state index in [-0.39, 0.29) is 17.8 Å². The highest BCUT2D eigenvalue weighted by atomic mass is 16.5. The Morgan fingerprint density at radius 1 is 1.20 bits per heavy atom. The van der Waals surface area contributed by atoms with Gasteiger partial charge < -0.3 is 32.1 Å². The number of aliphatic hydroxyl groups excluding tert-OH is 1. The van der Waals surface area contributed by atoms with E-state index in [1.165, 1.54) is 6.92 Å². The number of rotatable bonds is 3. The summed E-state index contributed by atoms with van der Waals surface area (Å²) in [6.45, 7) is 1.17. The molecule has 1 rings (SSSR count). The van der Waals surface area contributed by atoms with E-state index in [2.05, 4.69) is 15.0 Å². The number of nitrogens with two attached hydrogens (primary N) is 2. The first-order valence-electron chi connectivity index (χ1n) is 3.99. The number of aliphatic hydroxyl groups is 3. The van der Waals surface area contributed by atoms with Gasteiger partial charge in [-0.05, 0) is 6.92 Å². The van der Waals surface area contributed by atoms with Crippen LogP contribution in [0.5, 0.6) is 0 Å². The second-order valence-electron chi connectivity index (χ2n) is 2.90. The molecule has 0 aliphatic rings. The van der Waals surface area contributed by atoms with Gasteiger partial charge in [0, 0.05) is 0 Å². The second-order valence-corrected chi connectivity index (χ2v) is 2.90. The Morgan fingerprint density at radius 3 is 2.07 bits per heavy atom. The highest BCUT2D eigenvalue weighted by Crippen LogP contribution is 2.11.